The molecule has 1 fully saturated rings. The van der Waals surface area contributed by atoms with E-state index >= 15 is 0 Å². The van der Waals surface area contributed by atoms with Crippen molar-refractivity contribution in [2.75, 3.05) is 4.90 Å². The Hall–Kier alpha value is -3.72. The van der Waals surface area contributed by atoms with Crippen LogP contribution in [0.15, 0.2) is 84.4 Å². The molecule has 0 spiro atoms. The molecule has 4 aromatic carbocycles. The second-order valence-corrected chi connectivity index (χ2v) is 11.3. The molecular formula is C31H19Cl5N2O5. The average molecular weight is 677 g/mol. The summed E-state index contributed by atoms with van der Waals surface area (Å²) in [6.45, 7) is 0.370. The molecule has 1 aliphatic heterocycles. The van der Waals surface area contributed by atoms with Crippen LogP contribution < -0.4 is 19.7 Å². The lowest BCUT2D eigenvalue weighted by Crippen LogP contribution is -2.54. The predicted molar refractivity (Wildman–Crippen MR) is 168 cm³/mol. The third-order valence-corrected chi connectivity index (χ3v) is 7.87. The number of halogens is 5. The lowest BCUT2D eigenvalue weighted by Gasteiger charge is -2.26. The number of hydrogen-bond donors (Lipinski definition) is 1. The number of nitrogens with one attached hydrogen (secondary N) is 1. The first-order chi connectivity index (χ1) is 20.6. The van der Waals surface area contributed by atoms with E-state index < -0.39 is 17.8 Å². The van der Waals surface area contributed by atoms with Gasteiger partial charge in [0.25, 0.3) is 11.8 Å². The highest BCUT2D eigenvalue weighted by Gasteiger charge is 2.36. The maximum absolute atomic E-state index is 13.3. The molecule has 0 radical (unpaired) electrons. The molecule has 1 saturated heterocycles. The molecule has 218 valence electrons. The number of nitrogens with zero attached hydrogens (tertiary/aromatic N) is 1. The van der Waals surface area contributed by atoms with Gasteiger partial charge in [-0.15, -0.1) is 0 Å². The maximum atomic E-state index is 13.3. The predicted octanol–water partition coefficient (Wildman–Crippen LogP) is 8.78. The third-order valence-electron chi connectivity index (χ3n) is 6.25. The van der Waals surface area contributed by atoms with Crippen LogP contribution in [0.5, 0.6) is 11.5 Å². The van der Waals surface area contributed by atoms with Gasteiger partial charge in [0.2, 0.25) is 0 Å². The Balaban J connectivity index is 1.28. The fraction of sp³-hybridized carbons (Fsp3) is 0.0645. The summed E-state index contributed by atoms with van der Waals surface area (Å²) in [5.74, 6) is -0.775. The van der Waals surface area contributed by atoms with Gasteiger partial charge in [-0.2, -0.15) is 0 Å². The minimum Gasteiger partial charge on any atom is -0.489 e. The number of rotatable bonds is 8. The topological polar surface area (TPSA) is 84.9 Å². The van der Waals surface area contributed by atoms with Gasteiger partial charge in [-0.05, 0) is 77.9 Å². The van der Waals surface area contributed by atoms with Gasteiger partial charge in [0.1, 0.15) is 30.3 Å². The first kappa shape index (κ1) is 30.7. The number of ether oxygens (including phenoxy) is 2. The molecule has 0 unspecified atom stereocenters. The highest BCUT2D eigenvalue weighted by atomic mass is 35.5. The molecular weight excluding hydrogens is 658 g/mol. The summed E-state index contributed by atoms with van der Waals surface area (Å²) in [5, 5.41) is 4.27. The van der Waals surface area contributed by atoms with Crippen molar-refractivity contribution in [3.63, 3.8) is 0 Å². The molecule has 1 N–H and O–H groups in total. The zero-order valence-corrected chi connectivity index (χ0v) is 25.7. The van der Waals surface area contributed by atoms with Crippen LogP contribution in [0.3, 0.4) is 0 Å². The number of benzene rings is 4. The molecule has 1 heterocycles. The summed E-state index contributed by atoms with van der Waals surface area (Å²) in [4.78, 5) is 39.4. The number of carbonyl (C=O) groups is 3. The minimum absolute atomic E-state index is 0.182. The highest BCUT2D eigenvalue weighted by Crippen LogP contribution is 2.30. The fourth-order valence-electron chi connectivity index (χ4n) is 4.06. The Morgan fingerprint density at radius 2 is 1.47 bits per heavy atom. The number of amides is 4. The number of carbonyl (C=O) groups excluding carboxylic acids is 3. The second-order valence-electron chi connectivity index (χ2n) is 9.20. The van der Waals surface area contributed by atoms with Gasteiger partial charge in [0, 0.05) is 15.6 Å². The van der Waals surface area contributed by atoms with E-state index in [0.29, 0.717) is 37.2 Å². The number of imide groups is 2. The van der Waals surface area contributed by atoms with Crippen molar-refractivity contribution < 1.29 is 23.9 Å². The largest absolute Gasteiger partial charge is 0.489 e. The highest BCUT2D eigenvalue weighted by molar-refractivity contribution is 6.42. The Kier molecular flexibility index (Phi) is 9.49. The lowest BCUT2D eigenvalue weighted by atomic mass is 10.1. The molecule has 0 atom stereocenters. The van der Waals surface area contributed by atoms with Gasteiger partial charge >= 0.3 is 6.03 Å². The Morgan fingerprint density at radius 1 is 0.698 bits per heavy atom. The van der Waals surface area contributed by atoms with E-state index in [9.17, 15) is 14.4 Å². The molecule has 0 aliphatic carbocycles. The molecule has 0 saturated carbocycles. The van der Waals surface area contributed by atoms with Crippen LogP contribution in [0, 0.1) is 0 Å². The first-order valence-electron chi connectivity index (χ1n) is 12.5. The van der Waals surface area contributed by atoms with Crippen molar-refractivity contribution >= 4 is 87.6 Å². The standard InChI is InChI=1S/C31H19Cl5N2O5/c32-20-4-3-19(25(34)14-20)16-42-22-7-5-21(6-8-22)38-30(40)23(29(39)37-31(38)41)11-17-2-10-28(27(36)12-17)43-15-18-1-9-24(33)26(35)13-18/h1-14H,15-16H2,(H,37,39,41)/b23-11+. The number of urea groups is 1. The SMILES string of the molecule is O=C1NC(=O)N(c2ccc(OCc3ccc(Cl)cc3Cl)cc2)C(=O)/C1=C/c1ccc(OCc2ccc(Cl)c(Cl)c2)c(Cl)c1. The third kappa shape index (κ3) is 7.26. The summed E-state index contributed by atoms with van der Waals surface area (Å²) in [6.07, 6.45) is 1.35. The number of anilines is 1. The fourth-order valence-corrected chi connectivity index (χ4v) is 5.09. The second kappa shape index (κ2) is 13.3. The van der Waals surface area contributed by atoms with Gasteiger partial charge in [-0.1, -0.05) is 76.2 Å². The van der Waals surface area contributed by atoms with Crippen LogP contribution in [0.4, 0.5) is 10.5 Å². The molecule has 0 aromatic heterocycles. The van der Waals surface area contributed by atoms with Crippen LogP contribution in [0.1, 0.15) is 16.7 Å². The van der Waals surface area contributed by atoms with E-state index in [-0.39, 0.29) is 29.5 Å². The molecule has 1 aliphatic rings. The van der Waals surface area contributed by atoms with Crippen LogP contribution in [-0.2, 0) is 22.8 Å². The van der Waals surface area contributed by atoms with Gasteiger partial charge in [0.05, 0.1) is 20.8 Å². The van der Waals surface area contributed by atoms with Crippen molar-refractivity contribution in [3.8, 4) is 11.5 Å². The van der Waals surface area contributed by atoms with Crippen LogP contribution in [-0.4, -0.2) is 17.8 Å². The molecule has 5 rings (SSSR count). The molecule has 7 nitrogen and oxygen atoms in total. The van der Waals surface area contributed by atoms with E-state index in [2.05, 4.69) is 5.32 Å². The zero-order chi connectivity index (χ0) is 30.7. The Labute approximate surface area is 271 Å². The number of barbiturate groups is 1. The van der Waals surface area contributed by atoms with Crippen LogP contribution >= 0.6 is 58.0 Å². The van der Waals surface area contributed by atoms with E-state index in [1.54, 1.807) is 66.7 Å². The average Bonchev–Trinajstić information content (AvgIpc) is 2.97. The molecule has 4 aromatic rings. The van der Waals surface area contributed by atoms with Crippen molar-refractivity contribution in [2.24, 2.45) is 0 Å². The number of hydrogen-bond acceptors (Lipinski definition) is 5. The van der Waals surface area contributed by atoms with E-state index in [1.165, 1.54) is 18.2 Å². The normalized spacial score (nSPS) is 14.2. The summed E-state index contributed by atoms with van der Waals surface area (Å²) >= 11 is 30.5. The smallest absolute Gasteiger partial charge is 0.335 e. The van der Waals surface area contributed by atoms with Crippen LogP contribution in [0.25, 0.3) is 6.08 Å². The van der Waals surface area contributed by atoms with Crippen molar-refractivity contribution in [3.05, 3.63) is 126 Å². The van der Waals surface area contributed by atoms with Gasteiger partial charge in [-0.3, -0.25) is 14.9 Å². The molecule has 43 heavy (non-hydrogen) atoms. The van der Waals surface area contributed by atoms with Gasteiger partial charge < -0.3 is 9.47 Å². The minimum atomic E-state index is -0.877. The van der Waals surface area contributed by atoms with Crippen LogP contribution in [0.2, 0.25) is 25.1 Å². The summed E-state index contributed by atoms with van der Waals surface area (Å²) in [5.41, 5.74) is 1.96. The molecule has 0 bridgehead atoms. The summed E-state index contributed by atoms with van der Waals surface area (Å²) in [6, 6.07) is 20.4. The monoisotopic (exact) mass is 674 g/mol. The van der Waals surface area contributed by atoms with Crippen molar-refractivity contribution in [2.45, 2.75) is 13.2 Å². The van der Waals surface area contributed by atoms with E-state index in [4.69, 9.17) is 67.5 Å². The van der Waals surface area contributed by atoms with E-state index in [0.717, 1.165) is 16.0 Å². The summed E-state index contributed by atoms with van der Waals surface area (Å²) in [7, 11) is 0. The van der Waals surface area contributed by atoms with Gasteiger partial charge in [-0.25, -0.2) is 9.69 Å². The Bertz CT molecular complexity index is 1780. The molecule has 4 amide bonds. The van der Waals surface area contributed by atoms with Crippen molar-refractivity contribution in [1.29, 1.82) is 0 Å². The lowest BCUT2D eigenvalue weighted by molar-refractivity contribution is -0.122. The van der Waals surface area contributed by atoms with Gasteiger partial charge in [0.15, 0.2) is 0 Å². The zero-order valence-electron chi connectivity index (χ0n) is 21.9. The van der Waals surface area contributed by atoms with E-state index in [1.807, 2.05) is 0 Å². The quantitative estimate of drug-likeness (QED) is 0.149. The molecule has 12 heteroatoms. The first-order valence-corrected chi connectivity index (χ1v) is 14.4. The van der Waals surface area contributed by atoms with Crippen molar-refractivity contribution in [1.82, 2.24) is 5.32 Å². The summed E-state index contributed by atoms with van der Waals surface area (Å²) < 4.78 is 11.5. The Morgan fingerprint density at radius 3 is 2.16 bits per heavy atom. The maximum Gasteiger partial charge on any atom is 0.335 e.